The molecule has 16 heavy (non-hydrogen) atoms. The largest absolute Gasteiger partial charge is 0.384 e. The standard InChI is InChI=1S/C12H17NO3/c1-9(14)12(15)13-7-10-3-5-11(6-4-10)8-16-2/h3-6,9,14H,7-8H2,1-2H3,(H,13,15). The molecule has 4 nitrogen and oxygen atoms in total. The maximum absolute atomic E-state index is 11.1. The summed E-state index contributed by atoms with van der Waals surface area (Å²) < 4.78 is 4.99. The number of amides is 1. The molecule has 1 amide bonds. The monoisotopic (exact) mass is 223 g/mol. The lowest BCUT2D eigenvalue weighted by molar-refractivity contribution is -0.128. The van der Waals surface area contributed by atoms with Gasteiger partial charge < -0.3 is 15.2 Å². The van der Waals surface area contributed by atoms with Crippen molar-refractivity contribution in [3.8, 4) is 0 Å². The van der Waals surface area contributed by atoms with E-state index in [1.54, 1.807) is 7.11 Å². The average molecular weight is 223 g/mol. The first-order valence-corrected chi connectivity index (χ1v) is 5.16. The summed E-state index contributed by atoms with van der Waals surface area (Å²) in [6.45, 7) is 2.45. The highest BCUT2D eigenvalue weighted by Gasteiger charge is 2.07. The van der Waals surface area contributed by atoms with Crippen molar-refractivity contribution in [2.75, 3.05) is 7.11 Å². The molecule has 2 N–H and O–H groups in total. The summed E-state index contributed by atoms with van der Waals surface area (Å²) >= 11 is 0. The van der Waals surface area contributed by atoms with Crippen LogP contribution < -0.4 is 5.32 Å². The third-order valence-electron chi connectivity index (χ3n) is 2.18. The number of hydrogen-bond acceptors (Lipinski definition) is 3. The Morgan fingerprint density at radius 2 is 1.94 bits per heavy atom. The van der Waals surface area contributed by atoms with E-state index in [2.05, 4.69) is 5.32 Å². The summed E-state index contributed by atoms with van der Waals surface area (Å²) in [5.74, 6) is -0.360. The molecule has 0 saturated carbocycles. The number of rotatable bonds is 5. The van der Waals surface area contributed by atoms with E-state index in [-0.39, 0.29) is 5.91 Å². The molecule has 88 valence electrons. The van der Waals surface area contributed by atoms with Crippen LogP contribution in [0.3, 0.4) is 0 Å². The Labute approximate surface area is 95.2 Å². The fourth-order valence-electron chi connectivity index (χ4n) is 1.26. The van der Waals surface area contributed by atoms with Gasteiger partial charge in [-0.15, -0.1) is 0 Å². The number of carbonyl (C=O) groups is 1. The zero-order chi connectivity index (χ0) is 12.0. The predicted octanol–water partition coefficient (Wildman–Crippen LogP) is 0.830. The van der Waals surface area contributed by atoms with Crippen molar-refractivity contribution in [1.82, 2.24) is 5.32 Å². The second kappa shape index (κ2) is 6.25. The van der Waals surface area contributed by atoms with Gasteiger partial charge in [-0.05, 0) is 18.1 Å². The summed E-state index contributed by atoms with van der Waals surface area (Å²) in [4.78, 5) is 11.1. The van der Waals surface area contributed by atoms with Crippen LogP contribution in [0.1, 0.15) is 18.1 Å². The van der Waals surface area contributed by atoms with E-state index in [1.807, 2.05) is 24.3 Å². The van der Waals surface area contributed by atoms with E-state index < -0.39 is 6.10 Å². The van der Waals surface area contributed by atoms with Crippen LogP contribution in [0.5, 0.6) is 0 Å². The fraction of sp³-hybridized carbons (Fsp3) is 0.417. The summed E-state index contributed by atoms with van der Waals surface area (Å²) in [5.41, 5.74) is 2.09. The second-order valence-corrected chi connectivity index (χ2v) is 3.64. The third-order valence-corrected chi connectivity index (χ3v) is 2.18. The maximum atomic E-state index is 11.1. The zero-order valence-corrected chi connectivity index (χ0v) is 9.56. The van der Waals surface area contributed by atoms with Crippen LogP contribution in [0.2, 0.25) is 0 Å². The highest BCUT2D eigenvalue weighted by atomic mass is 16.5. The first kappa shape index (κ1) is 12.7. The predicted molar refractivity (Wildman–Crippen MR) is 60.7 cm³/mol. The molecule has 1 aromatic carbocycles. The van der Waals surface area contributed by atoms with Gasteiger partial charge in [-0.25, -0.2) is 0 Å². The van der Waals surface area contributed by atoms with E-state index >= 15 is 0 Å². The second-order valence-electron chi connectivity index (χ2n) is 3.64. The number of nitrogens with one attached hydrogen (secondary N) is 1. The molecule has 0 spiro atoms. The van der Waals surface area contributed by atoms with Gasteiger partial charge >= 0.3 is 0 Å². The van der Waals surface area contributed by atoms with Crippen LogP contribution in [-0.2, 0) is 22.7 Å². The molecule has 0 aromatic heterocycles. The van der Waals surface area contributed by atoms with Gasteiger partial charge in [0.25, 0.3) is 0 Å². The number of aliphatic hydroxyl groups is 1. The van der Waals surface area contributed by atoms with Crippen LogP contribution in [0.4, 0.5) is 0 Å². The Bertz CT molecular complexity index is 333. The molecule has 0 aliphatic carbocycles. The van der Waals surface area contributed by atoms with E-state index in [4.69, 9.17) is 9.84 Å². The van der Waals surface area contributed by atoms with Crippen LogP contribution in [0, 0.1) is 0 Å². The molecule has 1 rings (SSSR count). The quantitative estimate of drug-likeness (QED) is 0.777. The molecule has 1 atom stereocenters. The number of benzene rings is 1. The minimum absolute atomic E-state index is 0.360. The summed E-state index contributed by atoms with van der Waals surface area (Å²) in [6.07, 6.45) is -0.965. The zero-order valence-electron chi connectivity index (χ0n) is 9.56. The number of carbonyl (C=O) groups excluding carboxylic acids is 1. The topological polar surface area (TPSA) is 58.6 Å². The van der Waals surface area contributed by atoms with Crippen molar-refractivity contribution in [2.45, 2.75) is 26.2 Å². The summed E-state index contributed by atoms with van der Waals surface area (Å²) in [7, 11) is 1.65. The molecule has 4 heteroatoms. The van der Waals surface area contributed by atoms with Crippen molar-refractivity contribution < 1.29 is 14.6 Å². The van der Waals surface area contributed by atoms with Crippen molar-refractivity contribution >= 4 is 5.91 Å². The molecule has 0 heterocycles. The summed E-state index contributed by atoms with van der Waals surface area (Å²) in [6, 6.07) is 7.76. The molecule has 0 saturated heterocycles. The molecule has 0 aliphatic rings. The lowest BCUT2D eigenvalue weighted by Gasteiger charge is -2.07. The molecule has 0 radical (unpaired) electrons. The van der Waals surface area contributed by atoms with Gasteiger partial charge in [-0.3, -0.25) is 4.79 Å². The number of aliphatic hydroxyl groups excluding tert-OH is 1. The van der Waals surface area contributed by atoms with Crippen molar-refractivity contribution in [3.63, 3.8) is 0 Å². The van der Waals surface area contributed by atoms with Gasteiger partial charge in [0.15, 0.2) is 0 Å². The van der Waals surface area contributed by atoms with Crippen molar-refractivity contribution in [3.05, 3.63) is 35.4 Å². The van der Waals surface area contributed by atoms with E-state index in [9.17, 15) is 4.79 Å². The Balaban J connectivity index is 2.46. The fourth-order valence-corrected chi connectivity index (χ4v) is 1.26. The highest BCUT2D eigenvalue weighted by Crippen LogP contribution is 2.05. The first-order valence-electron chi connectivity index (χ1n) is 5.16. The van der Waals surface area contributed by atoms with E-state index in [0.717, 1.165) is 11.1 Å². The van der Waals surface area contributed by atoms with Crippen LogP contribution >= 0.6 is 0 Å². The normalized spacial score (nSPS) is 12.2. The minimum Gasteiger partial charge on any atom is -0.384 e. The molecule has 1 unspecified atom stereocenters. The van der Waals surface area contributed by atoms with E-state index in [0.29, 0.717) is 13.2 Å². The molecular weight excluding hydrogens is 206 g/mol. The van der Waals surface area contributed by atoms with Crippen LogP contribution in [-0.4, -0.2) is 24.2 Å². The number of ether oxygens (including phenoxy) is 1. The van der Waals surface area contributed by atoms with Crippen LogP contribution in [0.15, 0.2) is 24.3 Å². The average Bonchev–Trinajstić information content (AvgIpc) is 2.28. The van der Waals surface area contributed by atoms with Crippen LogP contribution in [0.25, 0.3) is 0 Å². The lowest BCUT2D eigenvalue weighted by atomic mass is 10.1. The molecule has 0 aliphatic heterocycles. The number of hydrogen-bond donors (Lipinski definition) is 2. The molecule has 0 fully saturated rings. The smallest absolute Gasteiger partial charge is 0.248 e. The lowest BCUT2D eigenvalue weighted by Crippen LogP contribution is -2.31. The Morgan fingerprint density at radius 3 is 2.44 bits per heavy atom. The third kappa shape index (κ3) is 4.00. The van der Waals surface area contributed by atoms with Crippen molar-refractivity contribution in [2.24, 2.45) is 0 Å². The summed E-state index contributed by atoms with van der Waals surface area (Å²) in [5, 5.41) is 11.6. The van der Waals surface area contributed by atoms with E-state index in [1.165, 1.54) is 6.92 Å². The van der Waals surface area contributed by atoms with Crippen molar-refractivity contribution in [1.29, 1.82) is 0 Å². The molecular formula is C12H17NO3. The van der Waals surface area contributed by atoms with Gasteiger partial charge in [0, 0.05) is 13.7 Å². The maximum Gasteiger partial charge on any atom is 0.248 e. The minimum atomic E-state index is -0.965. The van der Waals surface area contributed by atoms with Gasteiger partial charge in [0.1, 0.15) is 6.10 Å². The van der Waals surface area contributed by atoms with Gasteiger partial charge in [-0.2, -0.15) is 0 Å². The molecule has 1 aromatic rings. The van der Waals surface area contributed by atoms with Gasteiger partial charge in [-0.1, -0.05) is 24.3 Å². The number of methoxy groups -OCH3 is 1. The Kier molecular flexibility index (Phi) is 4.95. The first-order chi connectivity index (χ1) is 7.63. The Hall–Kier alpha value is -1.39. The van der Waals surface area contributed by atoms with Gasteiger partial charge in [0.05, 0.1) is 6.61 Å². The highest BCUT2D eigenvalue weighted by molar-refractivity contribution is 5.79. The molecule has 0 bridgehead atoms. The van der Waals surface area contributed by atoms with Gasteiger partial charge in [0.2, 0.25) is 5.91 Å². The SMILES string of the molecule is COCc1ccc(CNC(=O)C(C)O)cc1. The Morgan fingerprint density at radius 1 is 1.38 bits per heavy atom.